The van der Waals surface area contributed by atoms with E-state index in [0.717, 1.165) is 31.9 Å². The van der Waals surface area contributed by atoms with Gasteiger partial charge in [-0.25, -0.2) is 14.4 Å². The Bertz CT molecular complexity index is 1440. The van der Waals surface area contributed by atoms with Crippen molar-refractivity contribution in [2.75, 3.05) is 43.4 Å². The summed E-state index contributed by atoms with van der Waals surface area (Å²) >= 11 is 6.19. The first kappa shape index (κ1) is 23.0. The van der Waals surface area contributed by atoms with Crippen molar-refractivity contribution < 1.29 is 4.39 Å². The lowest BCUT2D eigenvalue weighted by atomic mass is 10.2. The summed E-state index contributed by atoms with van der Waals surface area (Å²) in [5.41, 5.74) is 2.47. The zero-order valence-electron chi connectivity index (χ0n) is 19.2. The van der Waals surface area contributed by atoms with E-state index >= 15 is 0 Å². The summed E-state index contributed by atoms with van der Waals surface area (Å²) in [4.78, 5) is 26.7. The van der Waals surface area contributed by atoms with Crippen molar-refractivity contribution in [1.82, 2.24) is 19.4 Å². The minimum atomic E-state index is -0.604. The Hall–Kier alpha value is -3.75. The first-order valence-corrected chi connectivity index (χ1v) is 11.6. The SMILES string of the molecule is C=Cc1cn(-c2c(F)cccc2Cl)c(=O)c2cnc(Nc3ccc(N4CCN(C)CC4)cc3)nc12. The average Bonchev–Trinajstić information content (AvgIpc) is 2.86. The molecule has 1 aliphatic rings. The molecular weight excluding hydrogens is 467 g/mol. The highest BCUT2D eigenvalue weighted by atomic mass is 35.5. The maximum atomic E-state index is 14.5. The Labute approximate surface area is 207 Å². The fourth-order valence-electron chi connectivity index (χ4n) is 4.19. The quantitative estimate of drug-likeness (QED) is 0.437. The molecule has 7 nitrogen and oxygen atoms in total. The van der Waals surface area contributed by atoms with Crippen LogP contribution in [0.25, 0.3) is 22.7 Å². The van der Waals surface area contributed by atoms with Crippen LogP contribution in [0.15, 0.2) is 66.2 Å². The molecule has 0 spiro atoms. The molecule has 0 radical (unpaired) electrons. The number of fused-ring (bicyclic) bond motifs is 1. The number of pyridine rings is 1. The zero-order chi connectivity index (χ0) is 24.5. The Morgan fingerprint density at radius 1 is 1.11 bits per heavy atom. The summed E-state index contributed by atoms with van der Waals surface area (Å²) in [5, 5.41) is 3.55. The predicted octanol–water partition coefficient (Wildman–Crippen LogP) is 4.71. The van der Waals surface area contributed by atoms with Crippen LogP contribution < -0.4 is 15.8 Å². The van der Waals surface area contributed by atoms with E-state index in [1.165, 1.54) is 40.8 Å². The molecule has 0 amide bonds. The normalized spacial score (nSPS) is 14.3. The number of likely N-dealkylation sites (N-methyl/N-ethyl adjacent to an activating group) is 1. The molecule has 1 fully saturated rings. The molecule has 178 valence electrons. The van der Waals surface area contributed by atoms with Gasteiger partial charge in [0.15, 0.2) is 0 Å². The third-order valence-corrected chi connectivity index (χ3v) is 6.47. The van der Waals surface area contributed by atoms with E-state index in [1.54, 1.807) is 6.08 Å². The van der Waals surface area contributed by atoms with Crippen LogP contribution in [0.4, 0.5) is 21.7 Å². The van der Waals surface area contributed by atoms with Crippen LogP contribution in [0.1, 0.15) is 5.56 Å². The van der Waals surface area contributed by atoms with Crippen LogP contribution in [0, 0.1) is 5.82 Å². The molecule has 0 atom stereocenters. The van der Waals surface area contributed by atoms with Crippen molar-refractivity contribution in [3.05, 3.63) is 88.2 Å². The Balaban J connectivity index is 1.46. The molecule has 1 saturated heterocycles. The van der Waals surface area contributed by atoms with Gasteiger partial charge in [-0.05, 0) is 43.4 Å². The minimum absolute atomic E-state index is 0.0215. The fraction of sp³-hybridized carbons (Fsp3) is 0.192. The van der Waals surface area contributed by atoms with Crippen LogP contribution in [0.5, 0.6) is 0 Å². The summed E-state index contributed by atoms with van der Waals surface area (Å²) in [7, 11) is 2.14. The van der Waals surface area contributed by atoms with Crippen LogP contribution in [-0.2, 0) is 0 Å². The maximum absolute atomic E-state index is 14.5. The minimum Gasteiger partial charge on any atom is -0.369 e. The van der Waals surface area contributed by atoms with E-state index in [1.807, 2.05) is 12.1 Å². The van der Waals surface area contributed by atoms with Crippen molar-refractivity contribution in [2.45, 2.75) is 0 Å². The largest absolute Gasteiger partial charge is 0.369 e. The van der Waals surface area contributed by atoms with Gasteiger partial charge < -0.3 is 15.1 Å². The molecule has 1 aliphatic heterocycles. The number of nitrogens with one attached hydrogen (secondary N) is 1. The topological polar surface area (TPSA) is 66.3 Å². The molecule has 0 saturated carbocycles. The lowest BCUT2D eigenvalue weighted by Gasteiger charge is -2.34. The van der Waals surface area contributed by atoms with Crippen molar-refractivity contribution in [3.63, 3.8) is 0 Å². The van der Waals surface area contributed by atoms with E-state index < -0.39 is 11.4 Å². The van der Waals surface area contributed by atoms with Crippen molar-refractivity contribution in [2.24, 2.45) is 0 Å². The molecule has 4 aromatic rings. The number of anilines is 3. The van der Waals surface area contributed by atoms with Gasteiger partial charge in [0, 0.05) is 55.5 Å². The van der Waals surface area contributed by atoms with Gasteiger partial charge in [0.05, 0.1) is 15.9 Å². The standard InChI is InChI=1S/C26H24ClFN6O/c1-3-17-16-34(24-21(27)5-4-6-22(24)28)25(35)20-15-29-26(31-23(17)20)30-18-7-9-19(10-8-18)33-13-11-32(2)12-14-33/h3-10,15-16H,1,11-14H2,2H3,(H,29,30,31). The number of halogens is 2. The van der Waals surface area contributed by atoms with Crippen LogP contribution in [0.3, 0.4) is 0 Å². The number of hydrogen-bond donors (Lipinski definition) is 1. The second kappa shape index (κ2) is 9.48. The molecular formula is C26H24ClFN6O. The second-order valence-corrected chi connectivity index (χ2v) is 8.86. The van der Waals surface area contributed by atoms with Gasteiger partial charge in [0.2, 0.25) is 5.95 Å². The molecule has 5 rings (SSSR count). The first-order chi connectivity index (χ1) is 16.9. The van der Waals surface area contributed by atoms with E-state index in [9.17, 15) is 9.18 Å². The maximum Gasteiger partial charge on any atom is 0.266 e. The Morgan fingerprint density at radius 2 is 1.86 bits per heavy atom. The van der Waals surface area contributed by atoms with Gasteiger partial charge in [0.1, 0.15) is 11.5 Å². The average molecular weight is 491 g/mol. The molecule has 1 N–H and O–H groups in total. The number of rotatable bonds is 5. The molecule has 35 heavy (non-hydrogen) atoms. The van der Waals surface area contributed by atoms with Gasteiger partial charge in [-0.15, -0.1) is 0 Å². The van der Waals surface area contributed by atoms with Gasteiger partial charge in [0.25, 0.3) is 5.56 Å². The number of benzene rings is 2. The predicted molar refractivity (Wildman–Crippen MR) is 140 cm³/mol. The highest BCUT2D eigenvalue weighted by molar-refractivity contribution is 6.32. The van der Waals surface area contributed by atoms with Crippen LogP contribution >= 0.6 is 11.6 Å². The summed E-state index contributed by atoms with van der Waals surface area (Å²) in [5.74, 6) is -0.262. The fourth-order valence-corrected chi connectivity index (χ4v) is 4.45. The lowest BCUT2D eigenvalue weighted by Crippen LogP contribution is -2.44. The number of hydrogen-bond acceptors (Lipinski definition) is 6. The molecule has 2 aromatic heterocycles. The van der Waals surface area contributed by atoms with E-state index in [-0.39, 0.29) is 16.1 Å². The second-order valence-electron chi connectivity index (χ2n) is 8.45. The van der Waals surface area contributed by atoms with Gasteiger partial charge in [-0.3, -0.25) is 9.36 Å². The van der Waals surface area contributed by atoms with Gasteiger partial charge in [-0.2, -0.15) is 0 Å². The zero-order valence-corrected chi connectivity index (χ0v) is 20.0. The van der Waals surface area contributed by atoms with Crippen LogP contribution in [-0.4, -0.2) is 52.7 Å². The molecule has 3 heterocycles. The smallest absolute Gasteiger partial charge is 0.266 e. The van der Waals surface area contributed by atoms with Gasteiger partial charge >= 0.3 is 0 Å². The highest BCUT2D eigenvalue weighted by Gasteiger charge is 2.17. The monoisotopic (exact) mass is 490 g/mol. The molecule has 2 aromatic carbocycles. The van der Waals surface area contributed by atoms with Crippen LogP contribution in [0.2, 0.25) is 5.02 Å². The van der Waals surface area contributed by atoms with E-state index in [4.69, 9.17) is 11.6 Å². The molecule has 0 unspecified atom stereocenters. The first-order valence-electron chi connectivity index (χ1n) is 11.2. The number of piperazine rings is 1. The summed E-state index contributed by atoms with van der Waals surface area (Å²) in [6.45, 7) is 7.91. The Kier molecular flexibility index (Phi) is 6.23. The third-order valence-electron chi connectivity index (χ3n) is 6.17. The Morgan fingerprint density at radius 3 is 2.54 bits per heavy atom. The number of aromatic nitrogens is 3. The summed E-state index contributed by atoms with van der Waals surface area (Å²) < 4.78 is 15.7. The lowest BCUT2D eigenvalue weighted by molar-refractivity contribution is 0.313. The van der Waals surface area contributed by atoms with Gasteiger partial charge in [-0.1, -0.05) is 30.3 Å². The van der Waals surface area contributed by atoms with Crippen molar-refractivity contribution >= 4 is 45.9 Å². The summed E-state index contributed by atoms with van der Waals surface area (Å²) in [6.07, 6.45) is 4.49. The molecule has 0 aliphatic carbocycles. The number of nitrogens with zero attached hydrogens (tertiary/aromatic N) is 5. The van der Waals surface area contributed by atoms with E-state index in [2.05, 4.69) is 50.8 Å². The molecule has 0 bridgehead atoms. The molecule has 9 heteroatoms. The number of para-hydroxylation sites is 1. The summed E-state index contributed by atoms with van der Waals surface area (Å²) in [6, 6.07) is 12.4. The highest BCUT2D eigenvalue weighted by Crippen LogP contribution is 2.26. The van der Waals surface area contributed by atoms with Crippen molar-refractivity contribution in [1.29, 1.82) is 0 Å². The third kappa shape index (κ3) is 4.50. The van der Waals surface area contributed by atoms with Crippen molar-refractivity contribution in [3.8, 4) is 5.69 Å². The van der Waals surface area contributed by atoms with E-state index in [0.29, 0.717) is 17.0 Å².